The predicted molar refractivity (Wildman–Crippen MR) is 166 cm³/mol. The van der Waals surface area contributed by atoms with Crippen LogP contribution in [0.25, 0.3) is 11.1 Å². The fraction of sp³-hybridized carbons (Fsp3) is 0.0938. The molecule has 2 amide bonds. The minimum atomic E-state index is -1.14. The number of carboxylic acid groups (broad SMARTS) is 1. The number of carboxylic acids is 1. The number of aliphatic carboxylic acids is 1. The zero-order valence-corrected chi connectivity index (χ0v) is 23.6. The van der Waals surface area contributed by atoms with Gasteiger partial charge in [-0.3, -0.25) is 10.1 Å². The fourth-order valence-corrected chi connectivity index (χ4v) is 4.37. The van der Waals surface area contributed by atoms with Gasteiger partial charge in [0.15, 0.2) is 0 Å². The summed E-state index contributed by atoms with van der Waals surface area (Å²) in [6.07, 6.45) is 0. The average molecular weight is 594 g/mol. The quantitative estimate of drug-likeness (QED) is 0.142. The number of rotatable bonds is 11. The summed E-state index contributed by atoms with van der Waals surface area (Å²) in [6.45, 7) is -0.433. The van der Waals surface area contributed by atoms with E-state index in [1.807, 2.05) is 54.6 Å². The number of amides is 2. The summed E-state index contributed by atoms with van der Waals surface area (Å²) in [5.41, 5.74) is 3.53. The molecule has 44 heavy (non-hydrogen) atoms. The van der Waals surface area contributed by atoms with Gasteiger partial charge in [0.2, 0.25) is 17.8 Å². The second-order valence-electron chi connectivity index (χ2n) is 9.47. The number of aromatic nitrogens is 3. The molecule has 4 aromatic carbocycles. The molecular weight excluding hydrogens is 565 g/mol. The lowest BCUT2D eigenvalue weighted by Crippen LogP contribution is -2.31. The Bertz CT molecular complexity index is 1750. The van der Waals surface area contributed by atoms with Crippen LogP contribution in [0.2, 0.25) is 0 Å². The van der Waals surface area contributed by atoms with Crippen molar-refractivity contribution in [2.24, 2.45) is 0 Å². The van der Waals surface area contributed by atoms with E-state index in [4.69, 9.17) is 4.74 Å². The highest BCUT2D eigenvalue weighted by molar-refractivity contribution is 5.99. The molecule has 1 aromatic heterocycles. The molecular formula is C32H28FN7O4. The first-order valence-corrected chi connectivity index (χ1v) is 13.5. The molecule has 11 nitrogen and oxygen atoms in total. The van der Waals surface area contributed by atoms with Gasteiger partial charge in [-0.15, -0.1) is 0 Å². The summed E-state index contributed by atoms with van der Waals surface area (Å²) in [7, 11) is 1.49. The molecule has 5 aromatic rings. The van der Waals surface area contributed by atoms with Gasteiger partial charge >= 0.3 is 12.0 Å². The van der Waals surface area contributed by atoms with Crippen molar-refractivity contribution in [3.63, 3.8) is 0 Å². The summed E-state index contributed by atoms with van der Waals surface area (Å²) >= 11 is 0. The Kier molecular flexibility index (Phi) is 9.20. The van der Waals surface area contributed by atoms with Crippen LogP contribution in [0.4, 0.5) is 38.4 Å². The highest BCUT2D eigenvalue weighted by Gasteiger charge is 2.19. The molecule has 0 aliphatic rings. The Balaban J connectivity index is 1.51. The van der Waals surface area contributed by atoms with Crippen LogP contribution in [-0.4, -0.2) is 45.7 Å². The third-order valence-corrected chi connectivity index (χ3v) is 6.36. The largest absolute Gasteiger partial charge is 0.495 e. The SMILES string of the molecule is COc1ccccc1NC(=O)Nc1nc(Nc2ccccc2-c2ccccc2)nc(N(CC(=O)O)Cc2ccc(F)cc2)n1. The maximum atomic E-state index is 13.5. The number of nitrogens with one attached hydrogen (secondary N) is 3. The molecule has 0 unspecified atom stereocenters. The number of para-hydroxylation sites is 3. The number of ether oxygens (including phenoxy) is 1. The van der Waals surface area contributed by atoms with Gasteiger partial charge in [0, 0.05) is 17.8 Å². The number of urea groups is 1. The average Bonchev–Trinajstić information content (AvgIpc) is 3.02. The molecule has 0 atom stereocenters. The Morgan fingerprint density at radius 1 is 0.795 bits per heavy atom. The van der Waals surface area contributed by atoms with Crippen molar-refractivity contribution in [3.8, 4) is 16.9 Å². The van der Waals surface area contributed by atoms with Crippen LogP contribution < -0.4 is 25.6 Å². The normalized spacial score (nSPS) is 10.5. The third-order valence-electron chi connectivity index (χ3n) is 6.36. The van der Waals surface area contributed by atoms with Crippen LogP contribution in [0.5, 0.6) is 5.75 Å². The molecule has 12 heteroatoms. The Morgan fingerprint density at radius 3 is 2.18 bits per heavy atom. The number of nitrogens with zero attached hydrogens (tertiary/aromatic N) is 4. The number of carbonyl (C=O) groups excluding carboxylic acids is 1. The van der Waals surface area contributed by atoms with Gasteiger partial charge in [0.05, 0.1) is 12.8 Å². The maximum absolute atomic E-state index is 13.5. The molecule has 0 fully saturated rings. The first-order valence-electron chi connectivity index (χ1n) is 13.5. The molecule has 222 valence electrons. The van der Waals surface area contributed by atoms with E-state index in [-0.39, 0.29) is 24.4 Å². The summed E-state index contributed by atoms with van der Waals surface area (Å²) in [6, 6.07) is 29.1. The van der Waals surface area contributed by atoms with Crippen LogP contribution in [0.1, 0.15) is 5.56 Å². The number of carbonyl (C=O) groups is 2. The monoisotopic (exact) mass is 593 g/mol. The predicted octanol–water partition coefficient (Wildman–Crippen LogP) is 6.17. The van der Waals surface area contributed by atoms with Crippen LogP contribution in [0.3, 0.4) is 0 Å². The zero-order valence-electron chi connectivity index (χ0n) is 23.6. The van der Waals surface area contributed by atoms with Gasteiger partial charge in [0.1, 0.15) is 18.1 Å². The van der Waals surface area contributed by atoms with E-state index in [2.05, 4.69) is 30.9 Å². The molecule has 0 spiro atoms. The van der Waals surface area contributed by atoms with Crippen LogP contribution >= 0.6 is 0 Å². The van der Waals surface area contributed by atoms with Crippen molar-refractivity contribution in [2.45, 2.75) is 6.54 Å². The van der Waals surface area contributed by atoms with Crippen molar-refractivity contribution < 1.29 is 23.8 Å². The Labute approximate surface area is 252 Å². The lowest BCUT2D eigenvalue weighted by molar-refractivity contribution is -0.135. The topological polar surface area (TPSA) is 142 Å². The Hall–Kier alpha value is -6.04. The molecule has 5 rings (SSSR count). The highest BCUT2D eigenvalue weighted by atomic mass is 19.1. The van der Waals surface area contributed by atoms with Gasteiger partial charge < -0.3 is 25.4 Å². The Morgan fingerprint density at radius 2 is 1.45 bits per heavy atom. The van der Waals surface area contributed by atoms with Crippen LogP contribution in [0.15, 0.2) is 103 Å². The summed E-state index contributed by atoms with van der Waals surface area (Å²) in [4.78, 5) is 39.5. The molecule has 0 saturated carbocycles. The van der Waals surface area contributed by atoms with Crippen molar-refractivity contribution in [1.82, 2.24) is 15.0 Å². The number of methoxy groups -OCH3 is 1. The van der Waals surface area contributed by atoms with E-state index in [9.17, 15) is 19.1 Å². The lowest BCUT2D eigenvalue weighted by atomic mass is 10.0. The number of halogens is 1. The van der Waals surface area contributed by atoms with Gasteiger partial charge in [-0.25, -0.2) is 9.18 Å². The standard InChI is InChI=1S/C32H28FN7O4/c1-44-27-14-8-7-13-26(27)35-32(43)39-30-36-29(34-25-12-6-5-11-24(25)22-9-3-2-4-10-22)37-31(38-30)40(20-28(41)42)19-21-15-17-23(33)18-16-21/h2-18H,19-20H2,1H3,(H,41,42)(H3,34,35,36,37,38,39,43). The molecule has 0 aliphatic carbocycles. The summed E-state index contributed by atoms with van der Waals surface area (Å²) in [5.74, 6) is -1.23. The second kappa shape index (κ2) is 13.7. The molecule has 0 aliphatic heterocycles. The van der Waals surface area contributed by atoms with Crippen LogP contribution in [-0.2, 0) is 11.3 Å². The highest BCUT2D eigenvalue weighted by Crippen LogP contribution is 2.30. The molecule has 4 N–H and O–H groups in total. The summed E-state index contributed by atoms with van der Waals surface area (Å²) < 4.78 is 18.8. The van der Waals surface area contributed by atoms with E-state index in [0.717, 1.165) is 11.1 Å². The first kappa shape index (κ1) is 29.5. The van der Waals surface area contributed by atoms with E-state index < -0.39 is 24.4 Å². The minimum Gasteiger partial charge on any atom is -0.495 e. The zero-order chi connectivity index (χ0) is 30.9. The first-order chi connectivity index (χ1) is 21.4. The number of hydrogen-bond acceptors (Lipinski definition) is 8. The van der Waals surface area contributed by atoms with Gasteiger partial charge in [-0.2, -0.15) is 15.0 Å². The summed E-state index contributed by atoms with van der Waals surface area (Å²) in [5, 5.41) is 18.2. The van der Waals surface area contributed by atoms with Crippen molar-refractivity contribution in [1.29, 1.82) is 0 Å². The second-order valence-corrected chi connectivity index (χ2v) is 9.47. The van der Waals surface area contributed by atoms with Crippen molar-refractivity contribution >= 4 is 41.2 Å². The maximum Gasteiger partial charge on any atom is 0.326 e. The molecule has 0 bridgehead atoms. The van der Waals surface area contributed by atoms with Gasteiger partial charge in [-0.05, 0) is 41.5 Å². The number of hydrogen-bond donors (Lipinski definition) is 4. The van der Waals surface area contributed by atoms with E-state index >= 15 is 0 Å². The lowest BCUT2D eigenvalue weighted by Gasteiger charge is -2.22. The van der Waals surface area contributed by atoms with Crippen molar-refractivity contribution in [3.05, 3.63) is 115 Å². The van der Waals surface area contributed by atoms with E-state index in [1.165, 1.54) is 24.1 Å². The fourth-order valence-electron chi connectivity index (χ4n) is 4.37. The molecule has 0 saturated heterocycles. The van der Waals surface area contributed by atoms with Gasteiger partial charge in [0.25, 0.3) is 0 Å². The van der Waals surface area contributed by atoms with E-state index in [0.29, 0.717) is 22.7 Å². The number of benzene rings is 4. The van der Waals surface area contributed by atoms with Crippen LogP contribution in [0, 0.1) is 5.82 Å². The molecule has 1 heterocycles. The third kappa shape index (κ3) is 7.62. The minimum absolute atomic E-state index is 0.0287. The van der Waals surface area contributed by atoms with E-state index in [1.54, 1.807) is 36.4 Å². The smallest absolute Gasteiger partial charge is 0.326 e. The van der Waals surface area contributed by atoms with Crippen molar-refractivity contribution in [2.75, 3.05) is 34.5 Å². The number of anilines is 5. The van der Waals surface area contributed by atoms with Gasteiger partial charge in [-0.1, -0.05) is 72.8 Å². The molecule has 0 radical (unpaired) electrons.